The van der Waals surface area contributed by atoms with Gasteiger partial charge in [0.15, 0.2) is 11.3 Å². The minimum absolute atomic E-state index is 0.274. The van der Waals surface area contributed by atoms with Crippen LogP contribution in [0.5, 0.6) is 0 Å². The van der Waals surface area contributed by atoms with Gasteiger partial charge in [0.1, 0.15) is 11.1 Å². The number of hydrogen-bond acceptors (Lipinski definition) is 5. The van der Waals surface area contributed by atoms with Crippen LogP contribution >= 0.6 is 27.3 Å². The lowest BCUT2D eigenvalue weighted by Gasteiger charge is -2.09. The largest absolute Gasteiger partial charge is 0.311 e. The standard InChI is InChI=1S/C16H12BrN5OS/c17-9-7-19-14-5-12(21-22(14)8-9)15(23)20-16-11(6-18)10-3-1-2-4-13(10)24-16/h5,7-8H,1-4H2,(H,20,23). The van der Waals surface area contributed by atoms with Crippen molar-refractivity contribution in [1.29, 1.82) is 5.26 Å². The number of aromatic nitrogens is 3. The number of nitrogens with one attached hydrogen (secondary N) is 1. The molecule has 1 amide bonds. The Balaban J connectivity index is 1.66. The molecule has 0 radical (unpaired) electrons. The van der Waals surface area contributed by atoms with Gasteiger partial charge in [0, 0.05) is 23.3 Å². The van der Waals surface area contributed by atoms with E-state index in [1.807, 2.05) is 0 Å². The first-order chi connectivity index (χ1) is 11.7. The van der Waals surface area contributed by atoms with Crippen molar-refractivity contribution in [3.05, 3.63) is 44.6 Å². The van der Waals surface area contributed by atoms with E-state index in [0.29, 0.717) is 16.2 Å². The number of amides is 1. The summed E-state index contributed by atoms with van der Waals surface area (Å²) in [7, 11) is 0. The Labute approximate surface area is 150 Å². The minimum atomic E-state index is -0.327. The number of thiophene rings is 1. The first-order valence-corrected chi connectivity index (χ1v) is 9.13. The zero-order valence-electron chi connectivity index (χ0n) is 12.5. The molecular weight excluding hydrogens is 390 g/mol. The number of aryl methyl sites for hydroxylation is 1. The minimum Gasteiger partial charge on any atom is -0.311 e. The zero-order chi connectivity index (χ0) is 16.7. The van der Waals surface area contributed by atoms with Gasteiger partial charge in [-0.3, -0.25) is 4.79 Å². The van der Waals surface area contributed by atoms with E-state index >= 15 is 0 Å². The number of nitrogens with zero attached hydrogens (tertiary/aromatic N) is 4. The SMILES string of the molecule is N#Cc1c(NC(=O)c2cc3ncc(Br)cn3n2)sc2c1CCCC2. The lowest BCUT2D eigenvalue weighted by Crippen LogP contribution is -2.12. The predicted molar refractivity (Wildman–Crippen MR) is 94.3 cm³/mol. The fraction of sp³-hybridized carbons (Fsp3) is 0.250. The Kier molecular flexibility index (Phi) is 3.82. The van der Waals surface area contributed by atoms with Gasteiger partial charge in [-0.2, -0.15) is 10.4 Å². The van der Waals surface area contributed by atoms with Crippen LogP contribution in [0.25, 0.3) is 5.65 Å². The highest BCUT2D eigenvalue weighted by Crippen LogP contribution is 2.37. The van der Waals surface area contributed by atoms with Crippen molar-refractivity contribution in [3.8, 4) is 6.07 Å². The zero-order valence-corrected chi connectivity index (χ0v) is 14.9. The molecule has 1 N–H and O–H groups in total. The van der Waals surface area contributed by atoms with Gasteiger partial charge >= 0.3 is 0 Å². The number of hydrogen-bond donors (Lipinski definition) is 1. The van der Waals surface area contributed by atoms with Crippen molar-refractivity contribution in [2.75, 3.05) is 5.32 Å². The van der Waals surface area contributed by atoms with E-state index in [1.54, 1.807) is 23.0 Å². The molecule has 0 saturated heterocycles. The summed E-state index contributed by atoms with van der Waals surface area (Å²) in [4.78, 5) is 17.9. The Bertz CT molecular complexity index is 1000. The van der Waals surface area contributed by atoms with E-state index < -0.39 is 0 Å². The highest BCUT2D eigenvalue weighted by atomic mass is 79.9. The van der Waals surface area contributed by atoms with E-state index in [2.05, 4.69) is 37.4 Å². The lowest BCUT2D eigenvalue weighted by atomic mass is 9.96. The van der Waals surface area contributed by atoms with Gasteiger partial charge in [-0.1, -0.05) is 0 Å². The van der Waals surface area contributed by atoms with Crippen LogP contribution in [0.4, 0.5) is 5.00 Å². The summed E-state index contributed by atoms with van der Waals surface area (Å²) in [5.74, 6) is -0.327. The Hall–Kier alpha value is -2.24. The van der Waals surface area contributed by atoms with Gasteiger partial charge < -0.3 is 5.32 Å². The number of halogens is 1. The van der Waals surface area contributed by atoms with Crippen molar-refractivity contribution in [1.82, 2.24) is 14.6 Å². The highest BCUT2D eigenvalue weighted by molar-refractivity contribution is 9.10. The van der Waals surface area contributed by atoms with Gasteiger partial charge in [0.25, 0.3) is 5.91 Å². The van der Waals surface area contributed by atoms with Crippen LogP contribution in [-0.4, -0.2) is 20.5 Å². The molecule has 24 heavy (non-hydrogen) atoms. The molecule has 6 nitrogen and oxygen atoms in total. The van der Waals surface area contributed by atoms with Crippen molar-refractivity contribution in [2.45, 2.75) is 25.7 Å². The first kappa shape index (κ1) is 15.3. The quantitative estimate of drug-likeness (QED) is 0.711. The number of nitriles is 1. The molecule has 0 atom stereocenters. The third kappa shape index (κ3) is 2.60. The van der Waals surface area contributed by atoms with Crippen LogP contribution in [0.2, 0.25) is 0 Å². The highest BCUT2D eigenvalue weighted by Gasteiger charge is 2.22. The molecule has 0 aliphatic heterocycles. The lowest BCUT2D eigenvalue weighted by molar-refractivity contribution is 0.102. The number of anilines is 1. The molecule has 1 aliphatic carbocycles. The van der Waals surface area contributed by atoms with Gasteiger partial charge in [0.2, 0.25) is 0 Å². The number of carbonyl (C=O) groups excluding carboxylic acids is 1. The number of carbonyl (C=O) groups is 1. The monoisotopic (exact) mass is 401 g/mol. The van der Waals surface area contributed by atoms with Crippen LogP contribution in [0.3, 0.4) is 0 Å². The van der Waals surface area contributed by atoms with Crippen molar-refractivity contribution in [3.63, 3.8) is 0 Å². The third-order valence-electron chi connectivity index (χ3n) is 4.02. The smallest absolute Gasteiger partial charge is 0.276 e. The molecule has 1 aliphatic rings. The average molecular weight is 402 g/mol. The van der Waals surface area contributed by atoms with Crippen molar-refractivity contribution in [2.24, 2.45) is 0 Å². The first-order valence-electron chi connectivity index (χ1n) is 7.52. The number of fused-ring (bicyclic) bond motifs is 2. The molecule has 120 valence electrons. The molecule has 3 heterocycles. The molecule has 0 saturated carbocycles. The van der Waals surface area contributed by atoms with Crippen LogP contribution in [0, 0.1) is 11.3 Å². The average Bonchev–Trinajstić information content (AvgIpc) is 3.14. The maximum Gasteiger partial charge on any atom is 0.276 e. The fourth-order valence-corrected chi connectivity index (χ4v) is 4.44. The van der Waals surface area contributed by atoms with E-state index in [-0.39, 0.29) is 11.6 Å². The summed E-state index contributed by atoms with van der Waals surface area (Å²) < 4.78 is 2.33. The molecular formula is C16H12BrN5OS. The third-order valence-corrected chi connectivity index (χ3v) is 5.64. The van der Waals surface area contributed by atoms with Gasteiger partial charge in [-0.15, -0.1) is 11.3 Å². The van der Waals surface area contributed by atoms with Crippen LogP contribution in [-0.2, 0) is 12.8 Å². The summed E-state index contributed by atoms with van der Waals surface area (Å²) in [6, 6.07) is 3.87. The normalized spacial score (nSPS) is 13.5. The number of rotatable bonds is 2. The van der Waals surface area contributed by atoms with Crippen LogP contribution < -0.4 is 5.32 Å². The van der Waals surface area contributed by atoms with Crippen LogP contribution in [0.1, 0.15) is 39.3 Å². The molecule has 0 spiro atoms. The van der Waals surface area contributed by atoms with Crippen molar-refractivity contribution < 1.29 is 4.79 Å². The molecule has 0 aromatic carbocycles. The maximum atomic E-state index is 12.5. The molecule has 3 aromatic heterocycles. The van der Waals surface area contributed by atoms with Gasteiger partial charge in [0.05, 0.1) is 10.0 Å². The van der Waals surface area contributed by atoms with E-state index in [0.717, 1.165) is 35.7 Å². The van der Waals surface area contributed by atoms with Gasteiger partial charge in [-0.25, -0.2) is 9.50 Å². The summed E-state index contributed by atoms with van der Waals surface area (Å²) in [5.41, 5.74) is 2.57. The van der Waals surface area contributed by atoms with E-state index in [4.69, 9.17) is 0 Å². The predicted octanol–water partition coefficient (Wildman–Crippen LogP) is 3.56. The molecule has 0 fully saturated rings. The van der Waals surface area contributed by atoms with E-state index in [9.17, 15) is 10.1 Å². The fourth-order valence-electron chi connectivity index (χ4n) is 2.90. The topological polar surface area (TPSA) is 83.1 Å². The second-order valence-electron chi connectivity index (χ2n) is 5.59. The Morgan fingerprint density at radius 2 is 2.25 bits per heavy atom. The summed E-state index contributed by atoms with van der Waals surface area (Å²) in [5, 5.41) is 17.2. The molecule has 0 unspecified atom stereocenters. The van der Waals surface area contributed by atoms with Crippen molar-refractivity contribution >= 4 is 43.8 Å². The molecule has 8 heteroatoms. The second-order valence-corrected chi connectivity index (χ2v) is 7.61. The summed E-state index contributed by atoms with van der Waals surface area (Å²) in [6.45, 7) is 0. The Morgan fingerprint density at radius 1 is 1.42 bits per heavy atom. The maximum absolute atomic E-state index is 12.5. The second kappa shape index (κ2) is 6.00. The van der Waals surface area contributed by atoms with Gasteiger partial charge in [-0.05, 0) is 47.2 Å². The van der Waals surface area contributed by atoms with Crippen LogP contribution in [0.15, 0.2) is 22.9 Å². The molecule has 0 bridgehead atoms. The van der Waals surface area contributed by atoms with E-state index in [1.165, 1.54) is 16.2 Å². The molecule has 3 aromatic rings. The summed E-state index contributed by atoms with van der Waals surface area (Å²) in [6.07, 6.45) is 7.52. The molecule has 4 rings (SSSR count). The Morgan fingerprint density at radius 3 is 3.08 bits per heavy atom. The summed E-state index contributed by atoms with van der Waals surface area (Å²) >= 11 is 4.83.